The van der Waals surface area contributed by atoms with E-state index < -0.39 is 5.82 Å². The normalized spacial score (nSPS) is 21.1. The van der Waals surface area contributed by atoms with Gasteiger partial charge in [-0.2, -0.15) is 5.10 Å². The molecule has 8 heteroatoms. The number of halogens is 1. The Morgan fingerprint density at radius 3 is 2.78 bits per heavy atom. The lowest BCUT2D eigenvalue weighted by Gasteiger charge is -2.26. The molecule has 2 aromatic carbocycles. The quantitative estimate of drug-likeness (QED) is 0.651. The number of aromatic amines is 1. The second-order valence-electron chi connectivity index (χ2n) is 6.51. The van der Waals surface area contributed by atoms with Gasteiger partial charge in [-0.3, -0.25) is 14.9 Å². The second kappa shape index (κ2) is 6.10. The Labute approximate surface area is 153 Å². The molecule has 0 radical (unpaired) electrons. The van der Waals surface area contributed by atoms with E-state index in [1.807, 2.05) is 30.3 Å². The Morgan fingerprint density at radius 2 is 2.00 bits per heavy atom. The van der Waals surface area contributed by atoms with Crippen LogP contribution < -0.4 is 10.9 Å². The van der Waals surface area contributed by atoms with Crippen molar-refractivity contribution >= 4 is 17.2 Å². The number of aliphatic imine (C=N–C) groups is 1. The number of benzene rings is 2. The number of nitrogens with zero attached hydrogens (tertiary/aromatic N) is 3. The molecule has 0 amide bonds. The lowest BCUT2D eigenvalue weighted by Crippen LogP contribution is -2.33. The first kappa shape index (κ1) is 15.8. The van der Waals surface area contributed by atoms with Crippen molar-refractivity contribution in [2.75, 3.05) is 12.0 Å². The summed E-state index contributed by atoms with van der Waals surface area (Å²) in [5.41, 5.74) is 9.45. The molecule has 0 saturated heterocycles. The van der Waals surface area contributed by atoms with E-state index in [9.17, 15) is 9.18 Å². The minimum absolute atomic E-state index is 0.0165. The molecule has 0 fully saturated rings. The van der Waals surface area contributed by atoms with Crippen molar-refractivity contribution in [3.8, 4) is 0 Å². The van der Waals surface area contributed by atoms with E-state index in [4.69, 9.17) is 0 Å². The summed E-state index contributed by atoms with van der Waals surface area (Å²) in [5.74, 6) is -0.386. The fourth-order valence-electron chi connectivity index (χ4n) is 3.76. The van der Waals surface area contributed by atoms with Gasteiger partial charge in [-0.05, 0) is 17.7 Å². The van der Waals surface area contributed by atoms with Gasteiger partial charge in [0.2, 0.25) is 0 Å². The maximum absolute atomic E-state index is 14.1. The number of ketones is 1. The molecule has 3 N–H and O–H groups in total. The van der Waals surface area contributed by atoms with Crippen LogP contribution in [0, 0.1) is 5.82 Å². The van der Waals surface area contributed by atoms with Crippen molar-refractivity contribution < 1.29 is 9.18 Å². The average molecular weight is 362 g/mol. The first-order valence-electron chi connectivity index (χ1n) is 8.55. The molecule has 0 bridgehead atoms. The predicted octanol–water partition coefficient (Wildman–Crippen LogP) is 2.38. The van der Waals surface area contributed by atoms with Crippen LogP contribution in [0.15, 0.2) is 53.8 Å². The van der Waals surface area contributed by atoms with Crippen LogP contribution in [0.1, 0.15) is 39.3 Å². The molecule has 2 aliphatic rings. The van der Waals surface area contributed by atoms with Crippen LogP contribution in [0.4, 0.5) is 10.1 Å². The molecule has 3 aromatic rings. The van der Waals surface area contributed by atoms with Gasteiger partial charge in [0, 0.05) is 11.1 Å². The number of hydrazine groups is 1. The van der Waals surface area contributed by atoms with E-state index in [-0.39, 0.29) is 24.3 Å². The largest absolute Gasteiger partial charge is 0.320 e. The first-order chi connectivity index (χ1) is 13.2. The zero-order valence-corrected chi connectivity index (χ0v) is 14.1. The van der Waals surface area contributed by atoms with E-state index in [0.29, 0.717) is 28.4 Å². The summed E-state index contributed by atoms with van der Waals surface area (Å²) >= 11 is 0. The fraction of sp³-hybridized carbons (Fsp3) is 0.158. The van der Waals surface area contributed by atoms with Crippen LogP contribution in [0.3, 0.4) is 0 Å². The molecule has 0 spiro atoms. The van der Waals surface area contributed by atoms with E-state index >= 15 is 0 Å². The number of hydrogen-bond donors (Lipinski definition) is 3. The number of aromatic nitrogens is 3. The Kier molecular flexibility index (Phi) is 3.58. The van der Waals surface area contributed by atoms with Crippen molar-refractivity contribution in [1.29, 1.82) is 0 Å². The molecular formula is C19H15FN6O. The SMILES string of the molecule is O=C1CN=C2c3c(cc(F)cc31)NNC(c1ccccc1)C2c1ncn[nH]1. The van der Waals surface area contributed by atoms with Crippen LogP contribution in [0.25, 0.3) is 0 Å². The van der Waals surface area contributed by atoms with E-state index in [0.717, 1.165) is 5.56 Å². The van der Waals surface area contributed by atoms with Crippen LogP contribution >= 0.6 is 0 Å². The Morgan fingerprint density at radius 1 is 1.15 bits per heavy atom. The van der Waals surface area contributed by atoms with Gasteiger partial charge in [-0.1, -0.05) is 30.3 Å². The standard InChI is InChI=1S/C19H15FN6O/c20-11-6-12-14(27)8-21-18-15(12)13(7-11)24-25-17(10-4-2-1-3-5-10)16(18)19-22-9-23-26-19/h1-7,9,16-17,24-25H,8H2,(H,22,23,26). The highest BCUT2D eigenvalue weighted by Crippen LogP contribution is 2.40. The molecule has 2 unspecified atom stereocenters. The summed E-state index contributed by atoms with van der Waals surface area (Å²) in [6.07, 6.45) is 1.44. The lowest BCUT2D eigenvalue weighted by atomic mass is 9.82. The number of carbonyl (C=O) groups is 1. The fourth-order valence-corrected chi connectivity index (χ4v) is 3.76. The smallest absolute Gasteiger partial charge is 0.185 e. The number of hydrogen-bond acceptors (Lipinski definition) is 6. The predicted molar refractivity (Wildman–Crippen MR) is 97.2 cm³/mol. The van der Waals surface area contributed by atoms with Gasteiger partial charge in [-0.15, -0.1) is 0 Å². The van der Waals surface area contributed by atoms with E-state index in [1.54, 1.807) is 0 Å². The van der Waals surface area contributed by atoms with Crippen LogP contribution in [0.2, 0.25) is 0 Å². The van der Waals surface area contributed by atoms with Crippen molar-refractivity contribution in [3.63, 3.8) is 0 Å². The molecule has 2 atom stereocenters. The minimum atomic E-state index is -0.470. The molecule has 0 saturated carbocycles. The molecule has 7 nitrogen and oxygen atoms in total. The monoisotopic (exact) mass is 362 g/mol. The number of anilines is 1. The third-order valence-corrected chi connectivity index (χ3v) is 4.93. The lowest BCUT2D eigenvalue weighted by molar-refractivity contribution is 0.0999. The molecule has 27 heavy (non-hydrogen) atoms. The molecule has 3 heterocycles. The summed E-state index contributed by atoms with van der Waals surface area (Å²) < 4.78 is 14.1. The van der Waals surface area contributed by atoms with Gasteiger partial charge in [0.25, 0.3) is 0 Å². The number of Topliss-reactive ketones (excluding diaryl/α,β-unsaturated/α-hetero) is 1. The second-order valence-corrected chi connectivity index (χ2v) is 6.51. The summed E-state index contributed by atoms with van der Waals surface area (Å²) in [6, 6.07) is 12.2. The molecule has 0 aliphatic carbocycles. The minimum Gasteiger partial charge on any atom is -0.320 e. The molecule has 2 aliphatic heterocycles. The Balaban J connectivity index is 1.75. The van der Waals surface area contributed by atoms with Crippen molar-refractivity contribution in [1.82, 2.24) is 20.6 Å². The van der Waals surface area contributed by atoms with Gasteiger partial charge in [-0.25, -0.2) is 14.8 Å². The summed E-state index contributed by atoms with van der Waals surface area (Å²) in [6.45, 7) is -0.0165. The van der Waals surface area contributed by atoms with Crippen molar-refractivity contribution in [2.45, 2.75) is 12.0 Å². The highest BCUT2D eigenvalue weighted by Gasteiger charge is 2.39. The average Bonchev–Trinajstić information content (AvgIpc) is 3.16. The molecule has 5 rings (SSSR count). The van der Waals surface area contributed by atoms with Gasteiger partial charge >= 0.3 is 0 Å². The number of rotatable bonds is 2. The van der Waals surface area contributed by atoms with Gasteiger partial charge in [0.1, 0.15) is 24.5 Å². The maximum Gasteiger partial charge on any atom is 0.185 e. The van der Waals surface area contributed by atoms with Gasteiger partial charge in [0.05, 0.1) is 23.4 Å². The highest BCUT2D eigenvalue weighted by atomic mass is 19.1. The van der Waals surface area contributed by atoms with Crippen LogP contribution in [0.5, 0.6) is 0 Å². The van der Waals surface area contributed by atoms with E-state index in [1.165, 1.54) is 18.5 Å². The Bertz CT molecular complexity index is 1050. The molecule has 134 valence electrons. The van der Waals surface area contributed by atoms with E-state index in [2.05, 4.69) is 31.0 Å². The third-order valence-electron chi connectivity index (χ3n) is 4.93. The van der Waals surface area contributed by atoms with Gasteiger partial charge in [0.15, 0.2) is 5.78 Å². The third kappa shape index (κ3) is 2.53. The zero-order chi connectivity index (χ0) is 18.4. The maximum atomic E-state index is 14.1. The molecular weight excluding hydrogens is 347 g/mol. The van der Waals surface area contributed by atoms with Crippen LogP contribution in [-0.4, -0.2) is 33.2 Å². The first-order valence-corrected chi connectivity index (χ1v) is 8.55. The molecule has 1 aromatic heterocycles. The number of H-pyrrole nitrogens is 1. The number of carbonyl (C=O) groups excluding carboxylic acids is 1. The Hall–Kier alpha value is -3.39. The van der Waals surface area contributed by atoms with Crippen molar-refractivity contribution in [2.24, 2.45) is 4.99 Å². The summed E-state index contributed by atoms with van der Waals surface area (Å²) in [4.78, 5) is 21.3. The highest BCUT2D eigenvalue weighted by molar-refractivity contribution is 6.20. The summed E-state index contributed by atoms with van der Waals surface area (Å²) in [7, 11) is 0. The zero-order valence-electron chi connectivity index (χ0n) is 14.1. The summed E-state index contributed by atoms with van der Waals surface area (Å²) in [5, 5.41) is 6.91. The topological polar surface area (TPSA) is 95.1 Å². The van der Waals surface area contributed by atoms with Crippen LogP contribution in [-0.2, 0) is 0 Å². The van der Waals surface area contributed by atoms with Gasteiger partial charge < -0.3 is 5.43 Å². The van der Waals surface area contributed by atoms with Crippen molar-refractivity contribution in [3.05, 3.63) is 77.1 Å². The number of nitrogens with one attached hydrogen (secondary N) is 3.